The lowest BCUT2D eigenvalue weighted by Crippen LogP contribution is -2.44. The van der Waals surface area contributed by atoms with E-state index in [1.165, 1.54) is 5.56 Å². The number of imide groups is 1. The number of nitriles is 1. The van der Waals surface area contributed by atoms with Crippen molar-refractivity contribution >= 4 is 34.9 Å². The molecule has 1 saturated heterocycles. The van der Waals surface area contributed by atoms with E-state index in [0.717, 1.165) is 51.3 Å². The van der Waals surface area contributed by atoms with Crippen molar-refractivity contribution in [3.63, 3.8) is 0 Å². The van der Waals surface area contributed by atoms with Gasteiger partial charge in [-0.25, -0.2) is 0 Å². The molecule has 0 radical (unpaired) electrons. The van der Waals surface area contributed by atoms with Crippen LogP contribution in [0, 0.1) is 25.2 Å². The number of fused-ring (bicyclic) bond motifs is 1. The molecule has 7 nitrogen and oxygen atoms in total. The molecule has 180 valence electrons. The predicted octanol–water partition coefficient (Wildman–Crippen LogP) is 4.59. The van der Waals surface area contributed by atoms with Crippen molar-refractivity contribution in [3.05, 3.63) is 93.1 Å². The predicted molar refractivity (Wildman–Crippen MR) is 138 cm³/mol. The van der Waals surface area contributed by atoms with Gasteiger partial charge < -0.3 is 9.47 Å². The Morgan fingerprint density at radius 1 is 1.08 bits per heavy atom. The zero-order valence-corrected chi connectivity index (χ0v) is 20.8. The second kappa shape index (κ2) is 9.51. The summed E-state index contributed by atoms with van der Waals surface area (Å²) < 4.78 is 2.04. The van der Waals surface area contributed by atoms with Crippen LogP contribution in [0.15, 0.2) is 59.5 Å². The standard InChI is InChI=1S/C28H24N4O3S/c1-18-13-23(19(2)32(18)24-9-7-20(15-29)8-10-24)14-25-27(34)31(28(35)36-25)17-26(33)30-12-11-21-5-3-4-6-22(21)16-30/h3-10,13-14H,11-12,16-17H2,1-2H3. The van der Waals surface area contributed by atoms with Gasteiger partial charge in [0.25, 0.3) is 11.1 Å². The average Bonchev–Trinajstić information content (AvgIpc) is 3.32. The van der Waals surface area contributed by atoms with Crippen LogP contribution in [0.5, 0.6) is 0 Å². The Bertz CT molecular complexity index is 1460. The van der Waals surface area contributed by atoms with Crippen molar-refractivity contribution in [2.45, 2.75) is 26.8 Å². The first-order valence-corrected chi connectivity index (χ1v) is 12.5. The second-order valence-electron chi connectivity index (χ2n) is 8.92. The van der Waals surface area contributed by atoms with Gasteiger partial charge in [0.2, 0.25) is 5.91 Å². The van der Waals surface area contributed by atoms with E-state index in [4.69, 9.17) is 5.26 Å². The van der Waals surface area contributed by atoms with Crippen LogP contribution < -0.4 is 0 Å². The molecule has 5 rings (SSSR count). The zero-order valence-electron chi connectivity index (χ0n) is 20.0. The molecule has 3 amide bonds. The number of thioether (sulfide) groups is 1. The van der Waals surface area contributed by atoms with Crippen LogP contribution in [0.25, 0.3) is 11.8 Å². The van der Waals surface area contributed by atoms with E-state index in [1.807, 2.05) is 54.8 Å². The highest BCUT2D eigenvalue weighted by molar-refractivity contribution is 8.18. The number of hydrogen-bond acceptors (Lipinski definition) is 5. The van der Waals surface area contributed by atoms with Crippen LogP contribution >= 0.6 is 11.8 Å². The molecule has 0 N–H and O–H groups in total. The third kappa shape index (κ3) is 4.34. The maximum absolute atomic E-state index is 13.1. The Kier molecular flexibility index (Phi) is 6.25. The molecule has 2 aromatic carbocycles. The van der Waals surface area contributed by atoms with Crippen LogP contribution in [0.3, 0.4) is 0 Å². The maximum Gasteiger partial charge on any atom is 0.294 e. The van der Waals surface area contributed by atoms with Crippen LogP contribution in [-0.2, 0) is 22.6 Å². The molecule has 0 atom stereocenters. The quantitative estimate of drug-likeness (QED) is 0.493. The molecular formula is C28H24N4O3S. The van der Waals surface area contributed by atoms with Gasteiger partial charge in [-0.2, -0.15) is 5.26 Å². The first-order chi connectivity index (χ1) is 17.4. The highest BCUT2D eigenvalue weighted by Gasteiger charge is 2.37. The van der Waals surface area contributed by atoms with Gasteiger partial charge in [0.1, 0.15) is 6.54 Å². The Balaban J connectivity index is 1.33. The summed E-state index contributed by atoms with van der Waals surface area (Å²) in [6, 6.07) is 19.4. The highest BCUT2D eigenvalue weighted by Crippen LogP contribution is 2.34. The number of hydrogen-bond donors (Lipinski definition) is 0. The fourth-order valence-electron chi connectivity index (χ4n) is 4.74. The normalized spacial score (nSPS) is 16.4. The molecule has 0 bridgehead atoms. The molecule has 1 fully saturated rings. The van der Waals surface area contributed by atoms with E-state index in [9.17, 15) is 14.4 Å². The molecular weight excluding hydrogens is 472 g/mol. The van der Waals surface area contributed by atoms with Gasteiger partial charge in [0.15, 0.2) is 0 Å². The lowest BCUT2D eigenvalue weighted by molar-refractivity contribution is -0.136. The summed E-state index contributed by atoms with van der Waals surface area (Å²) in [7, 11) is 0. The summed E-state index contributed by atoms with van der Waals surface area (Å²) in [6.45, 7) is 4.71. The molecule has 8 heteroatoms. The molecule has 1 aromatic heterocycles. The summed E-state index contributed by atoms with van der Waals surface area (Å²) in [4.78, 5) is 41.8. The van der Waals surface area contributed by atoms with Gasteiger partial charge in [0.05, 0.1) is 16.5 Å². The topological polar surface area (TPSA) is 86.4 Å². The SMILES string of the molecule is Cc1cc(C=C2SC(=O)N(CC(=O)N3CCc4ccccc4C3)C2=O)c(C)n1-c1ccc(C#N)cc1. The average molecular weight is 497 g/mol. The Labute approximate surface area is 213 Å². The van der Waals surface area contributed by atoms with Gasteiger partial charge in [-0.3, -0.25) is 19.3 Å². The first-order valence-electron chi connectivity index (χ1n) is 11.6. The summed E-state index contributed by atoms with van der Waals surface area (Å²) in [6.07, 6.45) is 2.48. The fraction of sp³-hybridized carbons (Fsp3) is 0.214. The second-order valence-corrected chi connectivity index (χ2v) is 9.92. The van der Waals surface area contributed by atoms with E-state index >= 15 is 0 Å². The van der Waals surface area contributed by atoms with Crippen molar-refractivity contribution in [2.75, 3.05) is 13.1 Å². The van der Waals surface area contributed by atoms with Gasteiger partial charge >= 0.3 is 0 Å². The summed E-state index contributed by atoms with van der Waals surface area (Å²) >= 11 is 0.861. The molecule has 0 aliphatic carbocycles. The maximum atomic E-state index is 13.1. The van der Waals surface area contributed by atoms with Gasteiger partial charge in [0, 0.05) is 30.2 Å². The number of aromatic nitrogens is 1. The Hall–Kier alpha value is -4.09. The smallest absolute Gasteiger partial charge is 0.294 e. The highest BCUT2D eigenvalue weighted by atomic mass is 32.2. The van der Waals surface area contributed by atoms with Crippen molar-refractivity contribution < 1.29 is 14.4 Å². The van der Waals surface area contributed by atoms with E-state index in [2.05, 4.69) is 12.1 Å². The fourth-order valence-corrected chi connectivity index (χ4v) is 5.57. The van der Waals surface area contributed by atoms with Gasteiger partial charge in [-0.15, -0.1) is 0 Å². The number of carbonyl (C=O) groups excluding carboxylic acids is 3. The number of aryl methyl sites for hydroxylation is 1. The van der Waals surface area contributed by atoms with E-state index in [1.54, 1.807) is 23.1 Å². The lowest BCUT2D eigenvalue weighted by Gasteiger charge is -2.29. The van der Waals surface area contributed by atoms with E-state index < -0.39 is 11.1 Å². The molecule has 2 aliphatic heterocycles. The number of rotatable bonds is 4. The number of nitrogens with zero attached hydrogens (tertiary/aromatic N) is 4. The van der Waals surface area contributed by atoms with Crippen LogP contribution in [0.1, 0.15) is 33.6 Å². The number of amides is 3. The molecule has 0 unspecified atom stereocenters. The summed E-state index contributed by atoms with van der Waals surface area (Å²) in [5.41, 5.74) is 6.51. The lowest BCUT2D eigenvalue weighted by atomic mass is 10.00. The van der Waals surface area contributed by atoms with E-state index in [-0.39, 0.29) is 12.5 Å². The Morgan fingerprint density at radius 2 is 1.81 bits per heavy atom. The van der Waals surface area contributed by atoms with Crippen LogP contribution in [0.2, 0.25) is 0 Å². The number of carbonyl (C=O) groups is 3. The molecule has 0 saturated carbocycles. The molecule has 36 heavy (non-hydrogen) atoms. The zero-order chi connectivity index (χ0) is 25.4. The first kappa shape index (κ1) is 23.6. The molecule has 3 aromatic rings. The van der Waals surface area contributed by atoms with Gasteiger partial charge in [-0.05, 0) is 85.1 Å². The minimum absolute atomic E-state index is 0.230. The minimum Gasteiger partial charge on any atom is -0.336 e. The van der Waals surface area contributed by atoms with Crippen molar-refractivity contribution in [3.8, 4) is 11.8 Å². The monoisotopic (exact) mass is 496 g/mol. The Morgan fingerprint density at radius 3 is 2.53 bits per heavy atom. The van der Waals surface area contributed by atoms with Crippen molar-refractivity contribution in [1.29, 1.82) is 5.26 Å². The van der Waals surface area contributed by atoms with Crippen LogP contribution in [-0.4, -0.2) is 44.5 Å². The largest absolute Gasteiger partial charge is 0.336 e. The third-order valence-electron chi connectivity index (χ3n) is 6.66. The number of benzene rings is 2. The van der Waals surface area contributed by atoms with E-state index in [0.29, 0.717) is 23.6 Å². The minimum atomic E-state index is -0.445. The van der Waals surface area contributed by atoms with Crippen molar-refractivity contribution in [2.24, 2.45) is 0 Å². The van der Waals surface area contributed by atoms with Crippen molar-refractivity contribution in [1.82, 2.24) is 14.4 Å². The molecule has 3 heterocycles. The molecule has 0 spiro atoms. The third-order valence-corrected chi connectivity index (χ3v) is 7.57. The summed E-state index contributed by atoms with van der Waals surface area (Å²) in [5.74, 6) is -0.675. The van der Waals surface area contributed by atoms with Crippen LogP contribution in [0.4, 0.5) is 4.79 Å². The summed E-state index contributed by atoms with van der Waals surface area (Å²) in [5, 5.41) is 8.62. The molecule has 2 aliphatic rings. The van der Waals surface area contributed by atoms with Gasteiger partial charge in [-0.1, -0.05) is 24.3 Å².